The number of rotatable bonds is 2. The molecule has 0 aliphatic heterocycles. The van der Waals surface area contributed by atoms with Gasteiger partial charge >= 0.3 is 0 Å². The number of nitrogen functional groups attached to an aromatic ring is 1. The quantitative estimate of drug-likeness (QED) is 0.813. The van der Waals surface area contributed by atoms with Crippen LogP contribution in [0.15, 0.2) is 34.8 Å². The van der Waals surface area contributed by atoms with Crippen LogP contribution < -0.4 is 11.1 Å². The summed E-state index contributed by atoms with van der Waals surface area (Å²) in [6.07, 6.45) is 0. The fraction of sp³-hybridized carbons (Fsp3) is 0.133. The standard InChI is InChI=1S/C15H14BrFN2O/c1-8-6-10(18)7-9(2)14(8)19-15(20)11-4-3-5-12(16)13(11)17/h3-7H,18H2,1-2H3,(H,19,20). The van der Waals surface area contributed by atoms with Gasteiger partial charge in [0.05, 0.1) is 10.0 Å². The highest BCUT2D eigenvalue weighted by Crippen LogP contribution is 2.25. The van der Waals surface area contributed by atoms with Gasteiger partial charge in [-0.15, -0.1) is 0 Å². The lowest BCUT2D eigenvalue weighted by Crippen LogP contribution is -2.15. The van der Waals surface area contributed by atoms with Crippen LogP contribution in [0.25, 0.3) is 0 Å². The van der Waals surface area contributed by atoms with E-state index in [1.807, 2.05) is 13.8 Å². The Bertz CT molecular complexity index is 663. The van der Waals surface area contributed by atoms with Crippen LogP contribution in [0, 0.1) is 19.7 Å². The molecule has 0 aliphatic rings. The number of carbonyl (C=O) groups excluding carboxylic acids is 1. The summed E-state index contributed by atoms with van der Waals surface area (Å²) in [5, 5.41) is 2.73. The highest BCUT2D eigenvalue weighted by Gasteiger charge is 2.15. The first-order chi connectivity index (χ1) is 9.40. The lowest BCUT2D eigenvalue weighted by atomic mass is 10.1. The van der Waals surface area contributed by atoms with Crippen molar-refractivity contribution in [1.29, 1.82) is 0 Å². The van der Waals surface area contributed by atoms with Gasteiger partial charge in [-0.1, -0.05) is 6.07 Å². The van der Waals surface area contributed by atoms with Crippen molar-refractivity contribution in [1.82, 2.24) is 0 Å². The topological polar surface area (TPSA) is 55.1 Å². The predicted octanol–water partition coefficient (Wildman–Crippen LogP) is 4.04. The number of amides is 1. The van der Waals surface area contributed by atoms with Gasteiger partial charge in [0, 0.05) is 11.4 Å². The maximum atomic E-state index is 13.9. The summed E-state index contributed by atoms with van der Waals surface area (Å²) in [6, 6.07) is 8.13. The Hall–Kier alpha value is -1.88. The van der Waals surface area contributed by atoms with Gasteiger partial charge in [0.1, 0.15) is 5.82 Å². The third kappa shape index (κ3) is 2.82. The fourth-order valence-corrected chi connectivity index (χ4v) is 2.42. The Morgan fingerprint density at radius 3 is 2.45 bits per heavy atom. The number of hydrogen-bond donors (Lipinski definition) is 2. The van der Waals surface area contributed by atoms with E-state index in [1.165, 1.54) is 6.07 Å². The van der Waals surface area contributed by atoms with Crippen LogP contribution in [0.3, 0.4) is 0 Å². The lowest BCUT2D eigenvalue weighted by molar-refractivity contribution is 0.102. The van der Waals surface area contributed by atoms with Gasteiger partial charge in [-0.2, -0.15) is 0 Å². The highest BCUT2D eigenvalue weighted by atomic mass is 79.9. The largest absolute Gasteiger partial charge is 0.399 e. The van der Waals surface area contributed by atoms with E-state index in [-0.39, 0.29) is 10.0 Å². The second-order valence-electron chi connectivity index (χ2n) is 4.59. The molecule has 3 nitrogen and oxygen atoms in total. The maximum Gasteiger partial charge on any atom is 0.258 e. The molecule has 0 spiro atoms. The van der Waals surface area contributed by atoms with Crippen molar-refractivity contribution in [2.45, 2.75) is 13.8 Å². The van der Waals surface area contributed by atoms with Crippen molar-refractivity contribution in [3.63, 3.8) is 0 Å². The number of hydrogen-bond acceptors (Lipinski definition) is 2. The Morgan fingerprint density at radius 2 is 1.85 bits per heavy atom. The molecule has 0 radical (unpaired) electrons. The molecule has 20 heavy (non-hydrogen) atoms. The van der Waals surface area contributed by atoms with Gasteiger partial charge in [-0.05, 0) is 65.2 Å². The summed E-state index contributed by atoms with van der Waals surface area (Å²) in [5.41, 5.74) is 8.70. The van der Waals surface area contributed by atoms with Gasteiger partial charge in [0.15, 0.2) is 0 Å². The van der Waals surface area contributed by atoms with Gasteiger partial charge in [0.25, 0.3) is 5.91 Å². The summed E-state index contributed by atoms with van der Waals surface area (Å²) < 4.78 is 14.2. The summed E-state index contributed by atoms with van der Waals surface area (Å²) in [6.45, 7) is 3.69. The minimum absolute atomic E-state index is 0.00463. The summed E-state index contributed by atoms with van der Waals surface area (Å²) in [5.74, 6) is -1.06. The number of carbonyl (C=O) groups is 1. The van der Waals surface area contributed by atoms with Gasteiger partial charge < -0.3 is 11.1 Å². The molecule has 5 heteroatoms. The lowest BCUT2D eigenvalue weighted by Gasteiger charge is -2.13. The molecule has 0 fully saturated rings. The Morgan fingerprint density at radius 1 is 1.25 bits per heavy atom. The number of anilines is 2. The van der Waals surface area contributed by atoms with E-state index in [9.17, 15) is 9.18 Å². The first-order valence-corrected chi connectivity index (χ1v) is 6.81. The van der Waals surface area contributed by atoms with Crippen LogP contribution in [0.1, 0.15) is 21.5 Å². The van der Waals surface area contributed by atoms with Gasteiger partial charge in [-0.3, -0.25) is 4.79 Å². The Kier molecular flexibility index (Phi) is 4.09. The zero-order valence-corrected chi connectivity index (χ0v) is 12.7. The van der Waals surface area contributed by atoms with E-state index in [1.54, 1.807) is 24.3 Å². The van der Waals surface area contributed by atoms with Crippen molar-refractivity contribution in [3.8, 4) is 0 Å². The van der Waals surface area contributed by atoms with Crippen LogP contribution in [0.4, 0.5) is 15.8 Å². The molecule has 0 aliphatic carbocycles. The molecule has 3 N–H and O–H groups in total. The van der Waals surface area contributed by atoms with Crippen molar-refractivity contribution in [2.75, 3.05) is 11.1 Å². The SMILES string of the molecule is Cc1cc(N)cc(C)c1NC(=O)c1cccc(Br)c1F. The van der Waals surface area contributed by atoms with Crippen molar-refractivity contribution in [3.05, 3.63) is 57.3 Å². The molecule has 0 aromatic heterocycles. The molecule has 104 valence electrons. The van der Waals surface area contributed by atoms with Crippen LogP contribution >= 0.6 is 15.9 Å². The molecular formula is C15H14BrFN2O. The molecule has 0 unspecified atom stereocenters. The molecule has 0 heterocycles. The number of halogens is 2. The van der Waals surface area contributed by atoms with Crippen molar-refractivity contribution >= 4 is 33.2 Å². The van der Waals surface area contributed by atoms with Crippen LogP contribution in [-0.4, -0.2) is 5.91 Å². The second-order valence-corrected chi connectivity index (χ2v) is 5.44. The summed E-state index contributed by atoms with van der Waals surface area (Å²) in [7, 11) is 0. The van der Waals surface area contributed by atoms with E-state index in [2.05, 4.69) is 21.2 Å². The maximum absolute atomic E-state index is 13.9. The number of aryl methyl sites for hydroxylation is 2. The Labute approximate surface area is 125 Å². The molecule has 0 saturated heterocycles. The third-order valence-electron chi connectivity index (χ3n) is 2.99. The molecule has 0 saturated carbocycles. The predicted molar refractivity (Wildman–Crippen MR) is 82.4 cm³/mol. The number of nitrogens with one attached hydrogen (secondary N) is 1. The first-order valence-electron chi connectivity index (χ1n) is 6.02. The molecule has 2 aromatic rings. The zero-order valence-electron chi connectivity index (χ0n) is 11.1. The second kappa shape index (κ2) is 5.63. The normalized spacial score (nSPS) is 10.4. The summed E-state index contributed by atoms with van der Waals surface area (Å²) in [4.78, 5) is 12.2. The zero-order chi connectivity index (χ0) is 14.9. The van der Waals surface area contributed by atoms with E-state index in [4.69, 9.17) is 5.73 Å². The third-order valence-corrected chi connectivity index (χ3v) is 3.60. The molecule has 1 amide bonds. The first kappa shape index (κ1) is 14.5. The van der Waals surface area contributed by atoms with E-state index in [0.29, 0.717) is 11.4 Å². The molecular weight excluding hydrogens is 323 g/mol. The minimum atomic E-state index is -0.573. The smallest absolute Gasteiger partial charge is 0.258 e. The average molecular weight is 337 g/mol. The van der Waals surface area contributed by atoms with Crippen LogP contribution in [0.5, 0.6) is 0 Å². The van der Waals surface area contributed by atoms with Gasteiger partial charge in [0.2, 0.25) is 0 Å². The number of benzene rings is 2. The van der Waals surface area contributed by atoms with E-state index < -0.39 is 11.7 Å². The van der Waals surface area contributed by atoms with E-state index >= 15 is 0 Å². The van der Waals surface area contributed by atoms with Gasteiger partial charge in [-0.25, -0.2) is 4.39 Å². The highest BCUT2D eigenvalue weighted by molar-refractivity contribution is 9.10. The monoisotopic (exact) mass is 336 g/mol. The van der Waals surface area contributed by atoms with E-state index in [0.717, 1.165) is 11.1 Å². The van der Waals surface area contributed by atoms with Crippen molar-refractivity contribution < 1.29 is 9.18 Å². The fourth-order valence-electron chi connectivity index (χ4n) is 2.05. The molecule has 0 atom stereocenters. The van der Waals surface area contributed by atoms with Crippen molar-refractivity contribution in [2.24, 2.45) is 0 Å². The Balaban J connectivity index is 2.36. The average Bonchev–Trinajstić information content (AvgIpc) is 2.36. The number of nitrogens with two attached hydrogens (primary N) is 1. The van der Waals surface area contributed by atoms with Crippen LogP contribution in [0.2, 0.25) is 0 Å². The van der Waals surface area contributed by atoms with Crippen LogP contribution in [-0.2, 0) is 0 Å². The molecule has 0 bridgehead atoms. The minimum Gasteiger partial charge on any atom is -0.399 e. The molecule has 2 aromatic carbocycles. The molecule has 2 rings (SSSR count). The summed E-state index contributed by atoms with van der Waals surface area (Å²) >= 11 is 3.07.